The number of carbonyl (C=O) groups is 1. The summed E-state index contributed by atoms with van der Waals surface area (Å²) in [5.74, 6) is -1.03. The first-order valence-electron chi connectivity index (χ1n) is 12.1. The molecular weight excluding hydrogens is 472 g/mol. The van der Waals surface area contributed by atoms with E-state index in [1.165, 1.54) is 6.07 Å². The summed E-state index contributed by atoms with van der Waals surface area (Å²) >= 11 is 0. The van der Waals surface area contributed by atoms with Crippen LogP contribution in [0.2, 0.25) is 0 Å². The number of aromatic nitrogens is 2. The van der Waals surface area contributed by atoms with Gasteiger partial charge in [-0.15, -0.1) is 0 Å². The molecule has 9 heteroatoms. The van der Waals surface area contributed by atoms with E-state index in [-0.39, 0.29) is 23.9 Å². The number of nitrogens with zero attached hydrogens (tertiary/aromatic N) is 3. The predicted octanol–water partition coefficient (Wildman–Crippen LogP) is 5.39. The van der Waals surface area contributed by atoms with Gasteiger partial charge in [0.2, 0.25) is 5.91 Å². The molecule has 192 valence electrons. The first kappa shape index (κ1) is 25.9. The number of fused-ring (bicyclic) bond motifs is 1. The molecule has 1 aliphatic heterocycles. The Morgan fingerprint density at radius 2 is 1.92 bits per heavy atom. The number of halogens is 4. The molecule has 0 saturated carbocycles. The number of likely N-dealkylation sites (N-methyl/N-ethyl adjacent to an activating group) is 1. The number of hydrogen-bond acceptors (Lipinski definition) is 3. The first-order valence-corrected chi connectivity index (χ1v) is 12.1. The predicted molar refractivity (Wildman–Crippen MR) is 129 cm³/mol. The molecule has 0 unspecified atom stereocenters. The van der Waals surface area contributed by atoms with Crippen molar-refractivity contribution in [1.29, 1.82) is 0 Å². The van der Waals surface area contributed by atoms with E-state index < -0.39 is 23.6 Å². The van der Waals surface area contributed by atoms with Gasteiger partial charge in [-0.05, 0) is 49.9 Å². The number of carbonyl (C=O) groups excluding carboxylic acids is 1. The van der Waals surface area contributed by atoms with Gasteiger partial charge in [-0.25, -0.2) is 4.39 Å². The molecule has 0 fully saturated rings. The van der Waals surface area contributed by atoms with Gasteiger partial charge >= 0.3 is 6.18 Å². The molecule has 5 nitrogen and oxygen atoms in total. The van der Waals surface area contributed by atoms with E-state index in [9.17, 15) is 22.4 Å². The van der Waals surface area contributed by atoms with Crippen molar-refractivity contribution in [3.05, 3.63) is 88.0 Å². The lowest BCUT2D eigenvalue weighted by Crippen LogP contribution is -2.45. The quantitative estimate of drug-likeness (QED) is 0.441. The summed E-state index contributed by atoms with van der Waals surface area (Å²) in [4.78, 5) is 15.3. The maximum absolute atomic E-state index is 14.7. The highest BCUT2D eigenvalue weighted by atomic mass is 19.4. The third kappa shape index (κ3) is 5.02. The van der Waals surface area contributed by atoms with Crippen molar-refractivity contribution in [1.82, 2.24) is 20.0 Å². The molecule has 2 heterocycles. The van der Waals surface area contributed by atoms with Crippen LogP contribution in [0.15, 0.2) is 48.5 Å². The Hall–Kier alpha value is -3.20. The average Bonchev–Trinajstić information content (AvgIpc) is 3.19. The number of benzene rings is 2. The Bertz CT molecular complexity index is 1220. The van der Waals surface area contributed by atoms with Gasteiger partial charge in [-0.3, -0.25) is 14.4 Å². The Kier molecular flexibility index (Phi) is 7.49. The molecule has 1 N–H and O–H groups in total. The third-order valence-corrected chi connectivity index (χ3v) is 6.93. The second-order valence-corrected chi connectivity index (χ2v) is 9.04. The maximum Gasteiger partial charge on any atom is 0.416 e. The molecule has 0 radical (unpaired) electrons. The van der Waals surface area contributed by atoms with E-state index in [2.05, 4.69) is 10.2 Å². The molecule has 36 heavy (non-hydrogen) atoms. The highest BCUT2D eigenvalue weighted by molar-refractivity contribution is 5.83. The molecule has 0 saturated heterocycles. The van der Waals surface area contributed by atoms with Gasteiger partial charge in [0.15, 0.2) is 0 Å². The fourth-order valence-electron chi connectivity index (χ4n) is 5.26. The Balaban J connectivity index is 1.73. The van der Waals surface area contributed by atoms with Crippen LogP contribution in [0, 0.1) is 12.7 Å². The highest BCUT2D eigenvalue weighted by Crippen LogP contribution is 2.41. The van der Waals surface area contributed by atoms with Crippen LogP contribution in [0.4, 0.5) is 17.6 Å². The van der Waals surface area contributed by atoms with E-state index in [1.807, 2.05) is 48.9 Å². The zero-order valence-electron chi connectivity index (χ0n) is 20.6. The smallest absolute Gasteiger partial charge is 0.358 e. The van der Waals surface area contributed by atoms with Crippen LogP contribution in [0.3, 0.4) is 0 Å². The summed E-state index contributed by atoms with van der Waals surface area (Å²) in [6.45, 7) is 5.24. The van der Waals surface area contributed by atoms with Gasteiger partial charge in [0, 0.05) is 43.9 Å². The van der Waals surface area contributed by atoms with Crippen LogP contribution >= 0.6 is 0 Å². The SMILES string of the molecule is CCn1nc(C)c2c1CCN([C@@H](C(=O)NC)c1ccccc1)[C@H]2CCc1ccc(C(F)(F)F)cc1F. The van der Waals surface area contributed by atoms with E-state index in [0.29, 0.717) is 32.0 Å². The summed E-state index contributed by atoms with van der Waals surface area (Å²) in [7, 11) is 1.60. The standard InChI is InChI=1S/C27H30F4N4O/c1-4-35-23-14-15-34(25(26(36)32-3)19-8-6-5-7-9-19)22(24(23)17(2)33-35)13-11-18-10-12-20(16-21(18)28)27(29,30)31/h5-10,12,16,22,25H,4,11,13-15H2,1-3H3,(H,32,36)/t22-,25+/m0/s1. The molecule has 0 spiro atoms. The number of rotatable bonds is 7. The molecule has 1 aliphatic rings. The minimum absolute atomic E-state index is 0.157. The van der Waals surface area contributed by atoms with E-state index in [4.69, 9.17) is 5.10 Å². The summed E-state index contributed by atoms with van der Waals surface area (Å²) < 4.78 is 55.7. The molecule has 4 rings (SSSR count). The summed E-state index contributed by atoms with van der Waals surface area (Å²) in [5.41, 5.74) is 3.00. The van der Waals surface area contributed by atoms with Gasteiger partial charge in [0.1, 0.15) is 11.9 Å². The van der Waals surface area contributed by atoms with Crippen LogP contribution in [-0.4, -0.2) is 34.2 Å². The topological polar surface area (TPSA) is 50.2 Å². The van der Waals surface area contributed by atoms with Gasteiger partial charge in [0.25, 0.3) is 0 Å². The molecular formula is C27H30F4N4O. The summed E-state index contributed by atoms with van der Waals surface area (Å²) in [5, 5.41) is 7.47. The molecule has 2 aromatic carbocycles. The number of alkyl halides is 3. The molecule has 3 aromatic rings. The Labute approximate surface area is 208 Å². The lowest BCUT2D eigenvalue weighted by Gasteiger charge is -2.41. The van der Waals surface area contributed by atoms with E-state index in [0.717, 1.165) is 28.6 Å². The second kappa shape index (κ2) is 10.4. The molecule has 1 aromatic heterocycles. The number of hydrogen-bond donors (Lipinski definition) is 1. The van der Waals surface area contributed by atoms with Crippen molar-refractivity contribution in [2.45, 2.75) is 57.9 Å². The van der Waals surface area contributed by atoms with Crippen molar-refractivity contribution in [3.8, 4) is 0 Å². The van der Waals surface area contributed by atoms with Crippen LogP contribution < -0.4 is 5.32 Å². The van der Waals surface area contributed by atoms with Crippen molar-refractivity contribution in [2.24, 2.45) is 0 Å². The molecule has 0 bridgehead atoms. The first-order chi connectivity index (χ1) is 17.2. The summed E-state index contributed by atoms with van der Waals surface area (Å²) in [6.07, 6.45) is -3.26. The lowest BCUT2D eigenvalue weighted by molar-refractivity contribution is -0.137. The fraction of sp³-hybridized carbons (Fsp3) is 0.407. The molecule has 1 amide bonds. The Morgan fingerprint density at radius 3 is 2.53 bits per heavy atom. The van der Waals surface area contributed by atoms with Crippen LogP contribution in [0.5, 0.6) is 0 Å². The second-order valence-electron chi connectivity index (χ2n) is 9.04. The van der Waals surface area contributed by atoms with Gasteiger partial charge in [-0.1, -0.05) is 36.4 Å². The van der Waals surface area contributed by atoms with Gasteiger partial charge < -0.3 is 5.32 Å². The lowest BCUT2D eigenvalue weighted by atomic mass is 9.88. The molecule has 2 atom stereocenters. The van der Waals surface area contributed by atoms with Crippen molar-refractivity contribution >= 4 is 5.91 Å². The van der Waals surface area contributed by atoms with Gasteiger partial charge in [0.05, 0.1) is 11.3 Å². The Morgan fingerprint density at radius 1 is 1.19 bits per heavy atom. The van der Waals surface area contributed by atoms with Gasteiger partial charge in [-0.2, -0.15) is 18.3 Å². The van der Waals surface area contributed by atoms with Crippen molar-refractivity contribution in [2.75, 3.05) is 13.6 Å². The average molecular weight is 503 g/mol. The van der Waals surface area contributed by atoms with Crippen molar-refractivity contribution < 1.29 is 22.4 Å². The molecule has 0 aliphatic carbocycles. The number of amides is 1. The number of nitrogens with one attached hydrogen (secondary N) is 1. The van der Waals surface area contributed by atoms with Crippen LogP contribution in [0.1, 0.15) is 59.1 Å². The number of aryl methyl sites for hydroxylation is 3. The highest BCUT2D eigenvalue weighted by Gasteiger charge is 2.39. The zero-order chi connectivity index (χ0) is 26.0. The summed E-state index contributed by atoms with van der Waals surface area (Å²) in [6, 6.07) is 11.3. The van der Waals surface area contributed by atoms with Crippen LogP contribution in [0.25, 0.3) is 0 Å². The van der Waals surface area contributed by atoms with E-state index in [1.54, 1.807) is 7.05 Å². The third-order valence-electron chi connectivity index (χ3n) is 6.93. The van der Waals surface area contributed by atoms with E-state index >= 15 is 0 Å². The minimum Gasteiger partial charge on any atom is -0.358 e. The zero-order valence-corrected chi connectivity index (χ0v) is 20.6. The van der Waals surface area contributed by atoms with Crippen molar-refractivity contribution in [3.63, 3.8) is 0 Å². The largest absolute Gasteiger partial charge is 0.416 e. The fourth-order valence-corrected chi connectivity index (χ4v) is 5.26. The maximum atomic E-state index is 14.7. The monoisotopic (exact) mass is 502 g/mol. The minimum atomic E-state index is -4.60. The normalized spacial score (nSPS) is 17.0. The van der Waals surface area contributed by atoms with Crippen LogP contribution in [-0.2, 0) is 30.4 Å².